The Kier molecular flexibility index (Phi) is 6.20. The first kappa shape index (κ1) is 18.5. The lowest BCUT2D eigenvalue weighted by Gasteiger charge is -2.24. The molecule has 0 aromatic heterocycles. The number of nitrogens with one attached hydrogen (secondary N) is 2. The first-order chi connectivity index (χ1) is 12.0. The Morgan fingerprint density at radius 1 is 1.36 bits per heavy atom. The Morgan fingerprint density at radius 3 is 2.88 bits per heavy atom. The molecule has 2 N–H and O–H groups in total. The number of hydrogen-bond donors (Lipinski definition) is 2. The lowest BCUT2D eigenvalue weighted by atomic mass is 9.85. The van der Waals surface area contributed by atoms with E-state index in [2.05, 4.69) is 15.5 Å². The molecule has 5 nitrogen and oxygen atoms in total. The number of benzene rings is 1. The van der Waals surface area contributed by atoms with Crippen molar-refractivity contribution in [3.05, 3.63) is 23.2 Å². The van der Waals surface area contributed by atoms with Crippen molar-refractivity contribution in [2.45, 2.75) is 44.2 Å². The smallest absolute Gasteiger partial charge is 0.241 e. The van der Waals surface area contributed by atoms with Gasteiger partial charge in [-0.2, -0.15) is 0 Å². The van der Waals surface area contributed by atoms with Crippen molar-refractivity contribution >= 4 is 23.2 Å². The zero-order valence-corrected chi connectivity index (χ0v) is 15.8. The number of fused-ring (bicyclic) bond motifs is 1. The molecule has 1 aliphatic heterocycles. The average Bonchev–Trinajstić information content (AvgIpc) is 3.01. The molecule has 0 radical (unpaired) electrons. The summed E-state index contributed by atoms with van der Waals surface area (Å²) in [6.07, 6.45) is 5.94. The molecule has 1 heterocycles. The van der Waals surface area contributed by atoms with Gasteiger partial charge in [0, 0.05) is 18.3 Å². The number of amides is 1. The van der Waals surface area contributed by atoms with Crippen molar-refractivity contribution in [2.24, 2.45) is 5.92 Å². The highest BCUT2D eigenvalue weighted by molar-refractivity contribution is 6.32. The predicted octanol–water partition coefficient (Wildman–Crippen LogP) is 3.14. The van der Waals surface area contributed by atoms with Crippen LogP contribution in [-0.4, -0.2) is 50.1 Å². The Hall–Kier alpha value is -1.30. The second-order valence-electron chi connectivity index (χ2n) is 7.39. The van der Waals surface area contributed by atoms with Crippen LogP contribution in [0.1, 0.15) is 32.1 Å². The molecule has 25 heavy (non-hydrogen) atoms. The second-order valence-corrected chi connectivity index (χ2v) is 7.80. The third kappa shape index (κ3) is 4.87. The third-order valence-corrected chi connectivity index (χ3v) is 5.47. The van der Waals surface area contributed by atoms with Gasteiger partial charge in [0.05, 0.1) is 11.1 Å². The van der Waals surface area contributed by atoms with Crippen LogP contribution in [0.5, 0.6) is 5.75 Å². The number of halogens is 1. The fourth-order valence-electron chi connectivity index (χ4n) is 3.78. The highest BCUT2D eigenvalue weighted by atomic mass is 35.5. The molecule has 6 heteroatoms. The van der Waals surface area contributed by atoms with E-state index in [1.807, 2.05) is 26.2 Å². The van der Waals surface area contributed by atoms with Crippen molar-refractivity contribution in [2.75, 3.05) is 32.6 Å². The van der Waals surface area contributed by atoms with Crippen LogP contribution in [0.25, 0.3) is 0 Å². The molecular weight excluding hydrogens is 338 g/mol. The van der Waals surface area contributed by atoms with Crippen LogP contribution in [0.2, 0.25) is 5.02 Å². The largest absolute Gasteiger partial charge is 0.491 e. The van der Waals surface area contributed by atoms with Gasteiger partial charge in [-0.15, -0.1) is 0 Å². The molecule has 2 aliphatic rings. The maximum absolute atomic E-state index is 12.5. The second kappa shape index (κ2) is 8.39. The Balaban J connectivity index is 1.54. The quantitative estimate of drug-likeness (QED) is 0.813. The van der Waals surface area contributed by atoms with Gasteiger partial charge in [0.1, 0.15) is 12.4 Å². The number of anilines is 1. The summed E-state index contributed by atoms with van der Waals surface area (Å²) >= 11 is 6.28. The lowest BCUT2D eigenvalue weighted by Crippen LogP contribution is -2.39. The standard InChI is InChI=1S/C19H28ClN3O2/c1-23(2)9-10-25-18-8-7-14(12-15(18)20)21-19(24)17-11-13-5-3-4-6-16(13)22-17/h7-8,12-13,16-17,22H,3-6,9-11H2,1-2H3,(H,21,24). The maximum Gasteiger partial charge on any atom is 0.241 e. The molecule has 1 saturated heterocycles. The Morgan fingerprint density at radius 2 is 2.16 bits per heavy atom. The van der Waals surface area contributed by atoms with Crippen molar-refractivity contribution in [1.29, 1.82) is 0 Å². The fourth-order valence-corrected chi connectivity index (χ4v) is 4.02. The highest BCUT2D eigenvalue weighted by Gasteiger charge is 2.38. The van der Waals surface area contributed by atoms with Crippen molar-refractivity contribution < 1.29 is 9.53 Å². The number of carbonyl (C=O) groups is 1. The molecule has 3 rings (SSSR count). The molecule has 0 spiro atoms. The van der Waals surface area contributed by atoms with E-state index in [9.17, 15) is 4.79 Å². The summed E-state index contributed by atoms with van der Waals surface area (Å²) in [6, 6.07) is 5.84. The average molecular weight is 366 g/mol. The number of rotatable bonds is 6. The van der Waals surface area contributed by atoms with Gasteiger partial charge >= 0.3 is 0 Å². The molecule has 0 bridgehead atoms. The van der Waals surface area contributed by atoms with Crippen molar-refractivity contribution in [1.82, 2.24) is 10.2 Å². The van der Waals surface area contributed by atoms with Gasteiger partial charge in [-0.3, -0.25) is 4.79 Å². The van der Waals surface area contributed by atoms with E-state index in [1.54, 1.807) is 6.07 Å². The van der Waals surface area contributed by atoms with Gasteiger partial charge in [0.15, 0.2) is 0 Å². The van der Waals surface area contributed by atoms with Crippen LogP contribution in [0.15, 0.2) is 18.2 Å². The molecule has 1 aromatic rings. The predicted molar refractivity (Wildman–Crippen MR) is 101 cm³/mol. The van der Waals surface area contributed by atoms with E-state index in [1.165, 1.54) is 25.7 Å². The van der Waals surface area contributed by atoms with E-state index in [4.69, 9.17) is 16.3 Å². The summed E-state index contributed by atoms with van der Waals surface area (Å²) in [7, 11) is 3.99. The lowest BCUT2D eigenvalue weighted by molar-refractivity contribution is -0.117. The van der Waals surface area contributed by atoms with Gasteiger partial charge in [-0.1, -0.05) is 24.4 Å². The van der Waals surface area contributed by atoms with E-state index >= 15 is 0 Å². The van der Waals surface area contributed by atoms with Gasteiger partial charge < -0.3 is 20.3 Å². The molecule has 1 saturated carbocycles. The van der Waals surface area contributed by atoms with E-state index in [-0.39, 0.29) is 11.9 Å². The zero-order valence-electron chi connectivity index (χ0n) is 15.1. The van der Waals surface area contributed by atoms with E-state index in [0.29, 0.717) is 35.0 Å². The first-order valence-corrected chi connectivity index (χ1v) is 9.54. The molecule has 3 unspecified atom stereocenters. The molecule has 3 atom stereocenters. The highest BCUT2D eigenvalue weighted by Crippen LogP contribution is 2.34. The third-order valence-electron chi connectivity index (χ3n) is 5.17. The van der Waals surface area contributed by atoms with Crippen LogP contribution in [0.3, 0.4) is 0 Å². The minimum atomic E-state index is -0.0945. The summed E-state index contributed by atoms with van der Waals surface area (Å²) in [5, 5.41) is 7.01. The van der Waals surface area contributed by atoms with Gasteiger partial charge in [-0.05, 0) is 57.5 Å². The number of nitrogens with zero attached hydrogens (tertiary/aromatic N) is 1. The number of carbonyl (C=O) groups excluding carboxylic acids is 1. The van der Waals surface area contributed by atoms with Crippen molar-refractivity contribution in [3.8, 4) is 5.75 Å². The summed E-state index contributed by atoms with van der Waals surface area (Å²) in [5.74, 6) is 1.33. The Labute approximate surface area is 155 Å². The topological polar surface area (TPSA) is 53.6 Å². The van der Waals surface area contributed by atoms with Gasteiger partial charge in [-0.25, -0.2) is 0 Å². The summed E-state index contributed by atoms with van der Waals surface area (Å²) in [6.45, 7) is 1.40. The molecule has 1 aromatic carbocycles. The number of likely N-dealkylation sites (N-methyl/N-ethyl adjacent to an activating group) is 1. The first-order valence-electron chi connectivity index (χ1n) is 9.17. The minimum Gasteiger partial charge on any atom is -0.491 e. The monoisotopic (exact) mass is 365 g/mol. The molecular formula is C19H28ClN3O2. The van der Waals surface area contributed by atoms with Crippen LogP contribution >= 0.6 is 11.6 Å². The van der Waals surface area contributed by atoms with Crippen LogP contribution in [0.4, 0.5) is 5.69 Å². The molecule has 2 fully saturated rings. The van der Waals surface area contributed by atoms with Gasteiger partial charge in [0.2, 0.25) is 5.91 Å². The fraction of sp³-hybridized carbons (Fsp3) is 0.632. The van der Waals surface area contributed by atoms with Crippen LogP contribution in [-0.2, 0) is 4.79 Å². The molecule has 1 aliphatic carbocycles. The minimum absolute atomic E-state index is 0.0340. The Bertz CT molecular complexity index is 594. The number of hydrogen-bond acceptors (Lipinski definition) is 4. The molecule has 1 amide bonds. The zero-order chi connectivity index (χ0) is 17.8. The van der Waals surface area contributed by atoms with Gasteiger partial charge in [0.25, 0.3) is 0 Å². The summed E-state index contributed by atoms with van der Waals surface area (Å²) in [4.78, 5) is 14.6. The van der Waals surface area contributed by atoms with Crippen LogP contribution in [0, 0.1) is 5.92 Å². The maximum atomic E-state index is 12.5. The summed E-state index contributed by atoms with van der Waals surface area (Å²) < 4.78 is 5.67. The van der Waals surface area contributed by atoms with E-state index in [0.717, 1.165) is 13.0 Å². The normalized spacial score (nSPS) is 25.7. The van der Waals surface area contributed by atoms with Crippen LogP contribution < -0.4 is 15.4 Å². The molecule has 138 valence electrons. The van der Waals surface area contributed by atoms with E-state index < -0.39 is 0 Å². The SMILES string of the molecule is CN(C)CCOc1ccc(NC(=O)C2CC3CCCCC3N2)cc1Cl. The number of ether oxygens (including phenoxy) is 1. The summed E-state index contributed by atoms with van der Waals surface area (Å²) in [5.41, 5.74) is 0.714. The van der Waals surface area contributed by atoms with Crippen molar-refractivity contribution in [3.63, 3.8) is 0 Å².